The molecular formula is C15H14ClNO4. The average Bonchev–Trinajstić information content (AvgIpc) is 2.47. The summed E-state index contributed by atoms with van der Waals surface area (Å²) >= 11 is 6.16. The van der Waals surface area contributed by atoms with Crippen LogP contribution in [0, 0.1) is 0 Å². The molecule has 6 heteroatoms. The van der Waals surface area contributed by atoms with Crippen LogP contribution in [0.5, 0.6) is 0 Å². The third kappa shape index (κ3) is 3.31. The fraction of sp³-hybridized carbons (Fsp3) is 0.267. The van der Waals surface area contributed by atoms with Crippen LogP contribution in [0.3, 0.4) is 0 Å². The van der Waals surface area contributed by atoms with Gasteiger partial charge in [-0.1, -0.05) is 11.6 Å². The van der Waals surface area contributed by atoms with Gasteiger partial charge in [-0.25, -0.2) is 14.6 Å². The zero-order valence-electron chi connectivity index (χ0n) is 11.7. The van der Waals surface area contributed by atoms with E-state index in [1.54, 1.807) is 32.0 Å². The Morgan fingerprint density at radius 2 is 1.76 bits per heavy atom. The largest absolute Gasteiger partial charge is 0.462 e. The van der Waals surface area contributed by atoms with E-state index in [1.807, 2.05) is 0 Å². The molecule has 0 bridgehead atoms. The Hall–Kier alpha value is -2.14. The number of pyridine rings is 1. The summed E-state index contributed by atoms with van der Waals surface area (Å²) in [5.74, 6) is -0.958. The molecule has 0 aliphatic rings. The molecule has 0 spiro atoms. The summed E-state index contributed by atoms with van der Waals surface area (Å²) in [6, 6.07) is 6.23. The number of nitrogens with zero attached hydrogens (tertiary/aromatic N) is 1. The van der Waals surface area contributed by atoms with Gasteiger partial charge in [0.05, 0.1) is 29.3 Å². The Bertz CT molecular complexity index is 699. The first kappa shape index (κ1) is 15.3. The predicted octanol–water partition coefficient (Wildman–Crippen LogP) is 3.24. The first-order valence-corrected chi connectivity index (χ1v) is 6.89. The number of carbonyl (C=O) groups excluding carboxylic acids is 2. The molecule has 0 saturated carbocycles. The van der Waals surface area contributed by atoms with Gasteiger partial charge in [0.2, 0.25) is 0 Å². The molecule has 0 atom stereocenters. The Balaban J connectivity index is 2.46. The monoisotopic (exact) mass is 307 g/mol. The molecule has 0 aliphatic heterocycles. The number of hydrogen-bond donors (Lipinski definition) is 0. The summed E-state index contributed by atoms with van der Waals surface area (Å²) in [7, 11) is 0. The van der Waals surface area contributed by atoms with Crippen LogP contribution in [0.2, 0.25) is 5.02 Å². The van der Waals surface area contributed by atoms with E-state index in [9.17, 15) is 9.59 Å². The van der Waals surface area contributed by atoms with Gasteiger partial charge >= 0.3 is 11.9 Å². The lowest BCUT2D eigenvalue weighted by Gasteiger charge is -2.07. The van der Waals surface area contributed by atoms with Crippen LogP contribution in [-0.4, -0.2) is 30.1 Å². The van der Waals surface area contributed by atoms with E-state index >= 15 is 0 Å². The van der Waals surface area contributed by atoms with Crippen molar-refractivity contribution in [3.8, 4) is 0 Å². The third-order valence-electron chi connectivity index (χ3n) is 2.75. The molecule has 2 aromatic rings. The Morgan fingerprint density at radius 1 is 1.10 bits per heavy atom. The molecule has 0 aliphatic carbocycles. The smallest absolute Gasteiger partial charge is 0.356 e. The molecule has 0 saturated heterocycles. The second-order valence-corrected chi connectivity index (χ2v) is 4.57. The van der Waals surface area contributed by atoms with Crippen LogP contribution in [-0.2, 0) is 9.47 Å². The highest BCUT2D eigenvalue weighted by molar-refractivity contribution is 6.35. The van der Waals surface area contributed by atoms with Crippen molar-refractivity contribution in [2.24, 2.45) is 0 Å². The van der Waals surface area contributed by atoms with Gasteiger partial charge in [-0.05, 0) is 38.1 Å². The minimum Gasteiger partial charge on any atom is -0.462 e. The highest BCUT2D eigenvalue weighted by atomic mass is 35.5. The first-order chi connectivity index (χ1) is 10.1. The van der Waals surface area contributed by atoms with Crippen LogP contribution < -0.4 is 0 Å². The van der Waals surface area contributed by atoms with Crippen molar-refractivity contribution in [1.29, 1.82) is 0 Å². The molecule has 0 amide bonds. The maximum absolute atomic E-state index is 11.7. The second kappa shape index (κ2) is 6.54. The zero-order valence-corrected chi connectivity index (χ0v) is 12.4. The number of hydrogen-bond acceptors (Lipinski definition) is 5. The Kier molecular flexibility index (Phi) is 4.75. The second-order valence-electron chi connectivity index (χ2n) is 4.16. The number of carbonyl (C=O) groups is 2. The fourth-order valence-corrected chi connectivity index (χ4v) is 2.09. The van der Waals surface area contributed by atoms with Gasteiger partial charge < -0.3 is 9.47 Å². The molecule has 0 N–H and O–H groups in total. The van der Waals surface area contributed by atoms with Gasteiger partial charge in [0.15, 0.2) is 5.69 Å². The zero-order chi connectivity index (χ0) is 15.4. The van der Waals surface area contributed by atoms with Gasteiger partial charge in [-0.2, -0.15) is 0 Å². The number of halogens is 1. The highest BCUT2D eigenvalue weighted by Crippen LogP contribution is 2.25. The van der Waals surface area contributed by atoms with Crippen molar-refractivity contribution in [1.82, 2.24) is 4.98 Å². The van der Waals surface area contributed by atoms with E-state index < -0.39 is 11.9 Å². The van der Waals surface area contributed by atoms with Crippen molar-refractivity contribution >= 4 is 34.4 Å². The molecule has 0 fully saturated rings. The fourth-order valence-electron chi connectivity index (χ4n) is 1.84. The van der Waals surface area contributed by atoms with E-state index in [0.717, 1.165) is 0 Å². The molecule has 1 heterocycles. The number of aromatic nitrogens is 1. The van der Waals surface area contributed by atoms with Crippen molar-refractivity contribution < 1.29 is 19.1 Å². The summed E-state index contributed by atoms with van der Waals surface area (Å²) < 4.78 is 9.83. The van der Waals surface area contributed by atoms with Gasteiger partial charge in [0.1, 0.15) is 0 Å². The van der Waals surface area contributed by atoms with Crippen LogP contribution in [0.1, 0.15) is 34.7 Å². The quantitative estimate of drug-likeness (QED) is 0.811. The minimum atomic E-state index is -0.532. The predicted molar refractivity (Wildman–Crippen MR) is 78.7 cm³/mol. The molecule has 110 valence electrons. The van der Waals surface area contributed by atoms with E-state index in [1.165, 1.54) is 6.07 Å². The summed E-state index contributed by atoms with van der Waals surface area (Å²) in [6.45, 7) is 4.01. The highest BCUT2D eigenvalue weighted by Gasteiger charge is 2.14. The Labute approximate surface area is 126 Å². The molecule has 1 aromatic carbocycles. The minimum absolute atomic E-state index is 0.137. The molecule has 5 nitrogen and oxygen atoms in total. The third-order valence-corrected chi connectivity index (χ3v) is 3.07. The maximum atomic E-state index is 11.7. The van der Waals surface area contributed by atoms with E-state index in [0.29, 0.717) is 28.1 Å². The maximum Gasteiger partial charge on any atom is 0.356 e. The van der Waals surface area contributed by atoms with Crippen LogP contribution in [0.25, 0.3) is 10.9 Å². The Morgan fingerprint density at radius 3 is 2.43 bits per heavy atom. The van der Waals surface area contributed by atoms with Crippen molar-refractivity contribution in [2.45, 2.75) is 13.8 Å². The lowest BCUT2D eigenvalue weighted by atomic mass is 10.1. The summed E-state index contributed by atoms with van der Waals surface area (Å²) in [4.78, 5) is 27.6. The van der Waals surface area contributed by atoms with Crippen LogP contribution >= 0.6 is 11.6 Å². The number of rotatable bonds is 4. The number of fused-ring (bicyclic) bond motifs is 1. The van der Waals surface area contributed by atoms with E-state index in [-0.39, 0.29) is 12.3 Å². The molecule has 21 heavy (non-hydrogen) atoms. The molecular weight excluding hydrogens is 294 g/mol. The lowest BCUT2D eigenvalue weighted by Crippen LogP contribution is -2.08. The number of benzene rings is 1. The topological polar surface area (TPSA) is 65.5 Å². The lowest BCUT2D eigenvalue weighted by molar-refractivity contribution is 0.0512. The number of ether oxygens (including phenoxy) is 2. The summed E-state index contributed by atoms with van der Waals surface area (Å²) in [6.07, 6.45) is 0. The summed E-state index contributed by atoms with van der Waals surface area (Å²) in [5.41, 5.74) is 1.04. The van der Waals surface area contributed by atoms with Crippen molar-refractivity contribution in [3.63, 3.8) is 0 Å². The van der Waals surface area contributed by atoms with Crippen molar-refractivity contribution in [2.75, 3.05) is 13.2 Å². The molecule has 2 rings (SSSR count). The average molecular weight is 308 g/mol. The summed E-state index contributed by atoms with van der Waals surface area (Å²) in [5, 5.41) is 0.907. The SMILES string of the molecule is CCOC(=O)c1ccc2nc(C(=O)OCC)cc(Cl)c2c1. The van der Waals surface area contributed by atoms with E-state index in [4.69, 9.17) is 21.1 Å². The first-order valence-electron chi connectivity index (χ1n) is 6.51. The normalized spacial score (nSPS) is 10.4. The molecule has 0 unspecified atom stereocenters. The standard InChI is InChI=1S/C15H14ClNO4/c1-3-20-14(18)9-5-6-12-10(7-9)11(16)8-13(17-12)15(19)21-4-2/h5-8H,3-4H2,1-2H3. The van der Waals surface area contributed by atoms with Gasteiger partial charge in [-0.3, -0.25) is 0 Å². The van der Waals surface area contributed by atoms with Gasteiger partial charge in [0, 0.05) is 5.39 Å². The van der Waals surface area contributed by atoms with Crippen molar-refractivity contribution in [3.05, 3.63) is 40.5 Å². The van der Waals surface area contributed by atoms with E-state index in [2.05, 4.69) is 4.98 Å². The molecule has 0 radical (unpaired) electrons. The van der Waals surface area contributed by atoms with Gasteiger partial charge in [0.25, 0.3) is 0 Å². The van der Waals surface area contributed by atoms with Crippen LogP contribution in [0.15, 0.2) is 24.3 Å². The molecule has 1 aromatic heterocycles. The van der Waals surface area contributed by atoms with Crippen LogP contribution in [0.4, 0.5) is 0 Å². The number of esters is 2. The van der Waals surface area contributed by atoms with Gasteiger partial charge in [-0.15, -0.1) is 0 Å².